The number of aryl methyl sites for hydroxylation is 1. The van der Waals surface area contributed by atoms with Gasteiger partial charge in [0.25, 0.3) is 11.8 Å². The average molecular weight is 585 g/mol. The van der Waals surface area contributed by atoms with Gasteiger partial charge in [-0.15, -0.1) is 11.8 Å². The highest BCUT2D eigenvalue weighted by molar-refractivity contribution is 8.00. The van der Waals surface area contributed by atoms with Gasteiger partial charge in [-0.05, 0) is 38.5 Å². The van der Waals surface area contributed by atoms with Gasteiger partial charge in [-0.25, -0.2) is 9.59 Å². The van der Waals surface area contributed by atoms with Crippen LogP contribution in [0.4, 0.5) is 5.88 Å². The highest BCUT2D eigenvalue weighted by Crippen LogP contribution is 2.41. The number of hydrogen-bond donors (Lipinski definition) is 4. The normalized spacial score (nSPS) is 19.1. The molecule has 3 aromatic rings. The molecule has 15 nitrogen and oxygen atoms in total. The van der Waals surface area contributed by atoms with Crippen LogP contribution >= 0.6 is 11.8 Å². The van der Waals surface area contributed by atoms with Gasteiger partial charge in [0.1, 0.15) is 28.6 Å². The first-order chi connectivity index (χ1) is 19.4. The molecule has 3 aromatic heterocycles. The number of furan rings is 1. The number of nitrogen functional groups attached to an aromatic ring is 1. The molecule has 41 heavy (non-hydrogen) atoms. The van der Waals surface area contributed by atoms with Gasteiger partial charge in [-0.1, -0.05) is 10.3 Å². The minimum Gasteiger partial charge on any atom is -0.478 e. The number of nitrogens with two attached hydrogens (primary N) is 1. The monoisotopic (exact) mass is 584 g/mol. The summed E-state index contributed by atoms with van der Waals surface area (Å²) in [5.74, 6) is -3.37. The number of hydrogen-bond acceptors (Lipinski definition) is 12. The second kappa shape index (κ2) is 10.3. The van der Waals surface area contributed by atoms with Crippen LogP contribution in [0.1, 0.15) is 31.0 Å². The van der Waals surface area contributed by atoms with Crippen LogP contribution in [0.25, 0.3) is 11.0 Å². The molecule has 0 radical (unpaired) electrons. The molecule has 2 aliphatic rings. The summed E-state index contributed by atoms with van der Waals surface area (Å²) < 4.78 is 10.3. The number of aromatic nitrogens is 2. The minimum atomic E-state index is -1.80. The first kappa shape index (κ1) is 27.7. The van der Waals surface area contributed by atoms with Crippen molar-refractivity contribution in [1.82, 2.24) is 20.4 Å². The van der Waals surface area contributed by atoms with Gasteiger partial charge in [0.05, 0.1) is 6.20 Å². The van der Waals surface area contributed by atoms with E-state index in [4.69, 9.17) is 19.5 Å². The predicted molar refractivity (Wildman–Crippen MR) is 142 cm³/mol. The van der Waals surface area contributed by atoms with Crippen LogP contribution in [0.5, 0.6) is 0 Å². The van der Waals surface area contributed by atoms with Gasteiger partial charge in [0.2, 0.25) is 11.5 Å². The van der Waals surface area contributed by atoms with Crippen LogP contribution < -0.4 is 11.1 Å². The highest BCUT2D eigenvalue weighted by Gasteiger charge is 2.54. The number of carbonyl (C=O) groups excluding carboxylic acids is 2. The Kier molecular flexibility index (Phi) is 6.94. The molecule has 0 aromatic carbocycles. The molecule has 1 unspecified atom stereocenters. The topological polar surface area (TPSA) is 224 Å². The number of fused-ring (bicyclic) bond motifs is 2. The highest BCUT2D eigenvalue weighted by atomic mass is 32.2. The van der Waals surface area contributed by atoms with Crippen LogP contribution in [0, 0.1) is 6.92 Å². The van der Waals surface area contributed by atoms with Crippen molar-refractivity contribution in [1.29, 1.82) is 0 Å². The van der Waals surface area contributed by atoms with Crippen LogP contribution in [-0.2, 0) is 30.4 Å². The molecule has 0 bridgehead atoms. The summed E-state index contributed by atoms with van der Waals surface area (Å²) in [6.07, 6.45) is 1.77. The van der Waals surface area contributed by atoms with Gasteiger partial charge < -0.3 is 35.0 Å². The fourth-order valence-corrected chi connectivity index (χ4v) is 5.62. The zero-order chi connectivity index (χ0) is 29.6. The lowest BCUT2D eigenvalue weighted by atomic mass is 10.00. The number of nitrogens with one attached hydrogen (secondary N) is 1. The molecular formula is C25H24N6O9S. The molecule has 0 saturated carbocycles. The molecule has 0 aliphatic carbocycles. The number of nitrogens with zero attached hydrogens (tertiary/aromatic N) is 4. The van der Waals surface area contributed by atoms with E-state index in [9.17, 15) is 29.4 Å². The second-order valence-electron chi connectivity index (χ2n) is 9.83. The van der Waals surface area contributed by atoms with E-state index < -0.39 is 46.5 Å². The number of β-lactam (4-membered cyclic amide) rings is 1. The quantitative estimate of drug-likeness (QED) is 0.158. The van der Waals surface area contributed by atoms with E-state index in [1.54, 1.807) is 12.3 Å². The molecule has 1 saturated heterocycles. The molecule has 0 spiro atoms. The van der Waals surface area contributed by atoms with Gasteiger partial charge >= 0.3 is 11.9 Å². The van der Waals surface area contributed by atoms with E-state index in [1.165, 1.54) is 31.7 Å². The third kappa shape index (κ3) is 5.20. The molecule has 2 amide bonds. The van der Waals surface area contributed by atoms with E-state index in [-0.39, 0.29) is 29.4 Å². The minimum absolute atomic E-state index is 0.146. The van der Waals surface area contributed by atoms with Gasteiger partial charge in [0, 0.05) is 29.3 Å². The third-order valence-corrected chi connectivity index (χ3v) is 7.72. The zero-order valence-corrected chi connectivity index (χ0v) is 22.7. The fraction of sp³-hybridized carbons (Fsp3) is 0.320. The average Bonchev–Trinajstić information content (AvgIpc) is 3.50. The molecule has 214 valence electrons. The van der Waals surface area contributed by atoms with Crippen molar-refractivity contribution < 1.29 is 43.2 Å². The fourth-order valence-electron chi connectivity index (χ4n) is 4.27. The Morgan fingerprint density at radius 3 is 2.71 bits per heavy atom. The lowest BCUT2D eigenvalue weighted by Crippen LogP contribution is -2.71. The van der Waals surface area contributed by atoms with Crippen molar-refractivity contribution in [2.24, 2.45) is 5.16 Å². The molecule has 5 N–H and O–H groups in total. The lowest BCUT2D eigenvalue weighted by molar-refractivity contribution is -0.161. The van der Waals surface area contributed by atoms with Crippen molar-refractivity contribution in [2.45, 2.75) is 44.2 Å². The largest absolute Gasteiger partial charge is 0.478 e. The van der Waals surface area contributed by atoms with Crippen LogP contribution in [0.3, 0.4) is 0 Å². The Balaban J connectivity index is 1.36. The number of carboxylic acid groups (broad SMARTS) is 2. The first-order valence-electron chi connectivity index (χ1n) is 12.1. The Bertz CT molecular complexity index is 1660. The summed E-state index contributed by atoms with van der Waals surface area (Å²) in [5, 5.41) is 29.2. The lowest BCUT2D eigenvalue weighted by Gasteiger charge is -2.49. The van der Waals surface area contributed by atoms with Crippen LogP contribution in [-0.4, -0.2) is 77.5 Å². The second-order valence-corrected chi connectivity index (χ2v) is 10.9. The number of rotatable bonds is 9. The van der Waals surface area contributed by atoms with Gasteiger partial charge in [-0.3, -0.25) is 19.5 Å². The summed E-state index contributed by atoms with van der Waals surface area (Å²) in [6.45, 7) is 4.25. The Morgan fingerprint density at radius 2 is 2.05 bits per heavy atom. The number of pyridine rings is 1. The number of thioether (sulfide) groups is 1. The predicted octanol–water partition coefficient (Wildman–Crippen LogP) is 1.27. The Labute approximate surface area is 235 Å². The zero-order valence-electron chi connectivity index (χ0n) is 21.9. The summed E-state index contributed by atoms with van der Waals surface area (Å²) in [6, 6.07) is 3.73. The number of carbonyl (C=O) groups is 4. The Hall–Kier alpha value is -4.86. The summed E-state index contributed by atoms with van der Waals surface area (Å²) in [4.78, 5) is 60.6. The van der Waals surface area contributed by atoms with E-state index in [0.717, 1.165) is 16.0 Å². The van der Waals surface area contributed by atoms with E-state index in [0.29, 0.717) is 16.9 Å². The molecule has 5 rings (SSSR count). The molecular weight excluding hydrogens is 560 g/mol. The standard InChI is InChI=1S/C25H24N6O9S/c1-10-4-11-5-13(27-8-15(11)38-10)6-12-9-41-22-18(21(33)31(22)19(12)23(34)35)28-20(32)17(14-7-16(26)39-29-14)30-40-25(2,3)24(36)37/h4-5,7-8,18,22H,6,9,26H2,1-3H3,(H,28,32)(H,34,35)(H,36,37)/b30-17-/t18?,22-/m1/s1. The maximum absolute atomic E-state index is 13.2. The van der Waals surface area contributed by atoms with E-state index >= 15 is 0 Å². The molecule has 2 atom stereocenters. The van der Waals surface area contributed by atoms with Gasteiger partial charge in [0.15, 0.2) is 11.3 Å². The van der Waals surface area contributed by atoms with Crippen molar-refractivity contribution in [3.63, 3.8) is 0 Å². The summed E-state index contributed by atoms with van der Waals surface area (Å²) in [5.41, 5.74) is 4.66. The SMILES string of the molecule is Cc1cc2cc(CC3=C(C(=O)O)N4C(=O)C(NC(=O)/C(=N\OC(C)(C)C(=O)O)c5cc(N)on5)[C@H]4SC3)ncc2o1. The smallest absolute Gasteiger partial charge is 0.352 e. The number of carboxylic acids is 2. The number of aliphatic carboxylic acids is 2. The molecule has 2 aliphatic heterocycles. The molecule has 5 heterocycles. The van der Waals surface area contributed by atoms with Gasteiger partial charge in [-0.2, -0.15) is 0 Å². The number of oxime groups is 1. The molecule has 16 heteroatoms. The van der Waals surface area contributed by atoms with Crippen LogP contribution in [0.2, 0.25) is 0 Å². The van der Waals surface area contributed by atoms with Crippen molar-refractivity contribution >= 4 is 58.1 Å². The van der Waals surface area contributed by atoms with Crippen molar-refractivity contribution in [3.8, 4) is 0 Å². The van der Waals surface area contributed by atoms with Crippen LogP contribution in [0.15, 0.2) is 49.8 Å². The summed E-state index contributed by atoms with van der Waals surface area (Å²) >= 11 is 1.28. The first-order valence-corrected chi connectivity index (χ1v) is 13.2. The maximum Gasteiger partial charge on any atom is 0.352 e. The maximum atomic E-state index is 13.2. The van der Waals surface area contributed by atoms with Crippen molar-refractivity contribution in [3.05, 3.63) is 52.8 Å². The third-order valence-electron chi connectivity index (χ3n) is 6.38. The molecule has 1 fully saturated rings. The van der Waals surface area contributed by atoms with Crippen molar-refractivity contribution in [2.75, 3.05) is 11.5 Å². The van der Waals surface area contributed by atoms with E-state index in [2.05, 4.69) is 20.6 Å². The van der Waals surface area contributed by atoms with E-state index in [1.807, 2.05) is 13.0 Å². The number of anilines is 1. The summed E-state index contributed by atoms with van der Waals surface area (Å²) in [7, 11) is 0. The Morgan fingerprint density at radius 1 is 1.29 bits per heavy atom. The number of amides is 2.